The molecule has 0 aliphatic heterocycles. The zero-order valence-electron chi connectivity index (χ0n) is 8.87. The molecule has 2 rings (SSSR count). The smallest absolute Gasteiger partial charge is 0.307 e. The molecule has 7 nitrogen and oxygen atoms in total. The number of hydrogen-bond acceptors (Lipinski definition) is 4. The lowest BCUT2D eigenvalue weighted by atomic mass is 10.1. The van der Waals surface area contributed by atoms with E-state index in [1.807, 2.05) is 4.98 Å². The maximum atomic E-state index is 12.7. The summed E-state index contributed by atoms with van der Waals surface area (Å²) in [7, 11) is 0. The van der Waals surface area contributed by atoms with Gasteiger partial charge in [0, 0.05) is 6.07 Å². The van der Waals surface area contributed by atoms with Gasteiger partial charge < -0.3 is 4.98 Å². The zero-order valence-corrected chi connectivity index (χ0v) is 8.87. The number of nitro groups is 1. The summed E-state index contributed by atoms with van der Waals surface area (Å²) >= 11 is 0. The van der Waals surface area contributed by atoms with E-state index >= 15 is 0 Å². The average Bonchev–Trinajstić information content (AvgIpc) is 2.25. The summed E-state index contributed by atoms with van der Waals surface area (Å²) in [4.78, 5) is 35.4. The number of aromatic amines is 2. The Morgan fingerprint density at radius 3 is 2.32 bits per heavy atom. The van der Waals surface area contributed by atoms with Crippen LogP contribution in [0.1, 0.15) is 5.56 Å². The number of hydrogen-bond donors (Lipinski definition) is 2. The number of benzene rings is 1. The van der Waals surface area contributed by atoms with Crippen molar-refractivity contribution in [1.29, 1.82) is 0 Å². The largest absolute Gasteiger partial charge is 0.423 e. The minimum Gasteiger partial charge on any atom is -0.307 e. The third kappa shape index (κ3) is 2.19. The molecule has 2 aromatic rings. The maximum Gasteiger partial charge on any atom is 0.423 e. The van der Waals surface area contributed by atoms with E-state index in [1.165, 1.54) is 0 Å². The van der Waals surface area contributed by atoms with Crippen LogP contribution in [0, 0.1) is 10.1 Å². The molecule has 0 spiro atoms. The molecular formula is C9H4F3N3O4. The second kappa shape index (κ2) is 3.93. The fourth-order valence-electron chi connectivity index (χ4n) is 1.58. The second-order valence-electron chi connectivity index (χ2n) is 3.58. The van der Waals surface area contributed by atoms with Gasteiger partial charge in [0.05, 0.1) is 15.8 Å². The molecule has 0 atom stereocenters. The summed E-state index contributed by atoms with van der Waals surface area (Å²) in [6.45, 7) is 0. The number of aromatic nitrogens is 2. The van der Waals surface area contributed by atoms with Gasteiger partial charge in [0.25, 0.3) is 11.2 Å². The minimum atomic E-state index is -4.98. The predicted octanol–water partition coefficient (Wildman–Crippen LogP) is 1.14. The van der Waals surface area contributed by atoms with Gasteiger partial charge in [-0.1, -0.05) is 0 Å². The van der Waals surface area contributed by atoms with Crippen molar-refractivity contribution in [3.63, 3.8) is 0 Å². The second-order valence-corrected chi connectivity index (χ2v) is 3.58. The van der Waals surface area contributed by atoms with Gasteiger partial charge in [0.2, 0.25) is 0 Å². The highest BCUT2D eigenvalue weighted by molar-refractivity contribution is 5.81. The highest BCUT2D eigenvalue weighted by Crippen LogP contribution is 2.37. The van der Waals surface area contributed by atoms with Crippen LogP contribution < -0.4 is 11.2 Å². The molecule has 2 N–H and O–H groups in total. The van der Waals surface area contributed by atoms with Crippen molar-refractivity contribution < 1.29 is 18.1 Å². The first kappa shape index (κ1) is 12.8. The quantitative estimate of drug-likeness (QED) is 0.600. The molecular weight excluding hydrogens is 271 g/mol. The Labute approximate surface area is 100 Å². The zero-order chi connectivity index (χ0) is 14.4. The van der Waals surface area contributed by atoms with Crippen molar-refractivity contribution in [2.75, 3.05) is 0 Å². The highest BCUT2D eigenvalue weighted by atomic mass is 19.4. The van der Waals surface area contributed by atoms with Crippen LogP contribution in [0.15, 0.2) is 21.7 Å². The standard InChI is InChI=1S/C9H4F3N3O4/c10-9(11,12)4-2-5-3(1-6(4)15(18)19)7(16)14-8(17)13-5/h1-2H,(H2,13,14,16,17). The van der Waals surface area contributed by atoms with E-state index in [0.717, 1.165) is 0 Å². The van der Waals surface area contributed by atoms with Crippen molar-refractivity contribution in [3.8, 4) is 0 Å². The lowest BCUT2D eigenvalue weighted by Crippen LogP contribution is -2.22. The van der Waals surface area contributed by atoms with Gasteiger partial charge in [0.15, 0.2) is 0 Å². The number of rotatable bonds is 1. The molecule has 0 fully saturated rings. The van der Waals surface area contributed by atoms with Gasteiger partial charge in [-0.2, -0.15) is 13.2 Å². The van der Waals surface area contributed by atoms with Gasteiger partial charge in [-0.15, -0.1) is 0 Å². The number of nitrogens with one attached hydrogen (secondary N) is 2. The average molecular weight is 275 g/mol. The summed E-state index contributed by atoms with van der Waals surface area (Å²) in [5.74, 6) is 0. The molecule has 0 unspecified atom stereocenters. The predicted molar refractivity (Wildman–Crippen MR) is 56.8 cm³/mol. The van der Waals surface area contributed by atoms with Crippen molar-refractivity contribution in [3.05, 3.63) is 48.6 Å². The van der Waals surface area contributed by atoms with E-state index in [9.17, 15) is 32.9 Å². The van der Waals surface area contributed by atoms with E-state index in [4.69, 9.17) is 0 Å². The molecule has 0 aliphatic carbocycles. The molecule has 0 radical (unpaired) electrons. The Bertz CT molecular complexity index is 790. The molecule has 0 amide bonds. The number of alkyl halides is 3. The molecule has 19 heavy (non-hydrogen) atoms. The SMILES string of the molecule is O=c1[nH]c(=O)c2cc([N+](=O)[O-])c(C(F)(F)F)cc2[nH]1. The van der Waals surface area contributed by atoms with Gasteiger partial charge in [0.1, 0.15) is 5.56 Å². The van der Waals surface area contributed by atoms with Gasteiger partial charge in [-0.25, -0.2) is 4.79 Å². The molecule has 1 aromatic carbocycles. The molecule has 1 aromatic heterocycles. The molecule has 100 valence electrons. The first-order valence-electron chi connectivity index (χ1n) is 4.72. The summed E-state index contributed by atoms with van der Waals surface area (Å²) in [5.41, 5.74) is -5.22. The van der Waals surface area contributed by atoms with E-state index in [1.54, 1.807) is 4.98 Å². The third-order valence-corrected chi connectivity index (χ3v) is 2.36. The maximum absolute atomic E-state index is 12.7. The van der Waals surface area contributed by atoms with Crippen LogP contribution >= 0.6 is 0 Å². The summed E-state index contributed by atoms with van der Waals surface area (Å²) < 4.78 is 38.0. The van der Waals surface area contributed by atoms with Crippen LogP contribution in [0.3, 0.4) is 0 Å². The third-order valence-electron chi connectivity index (χ3n) is 2.36. The van der Waals surface area contributed by atoms with Crippen LogP contribution in [0.5, 0.6) is 0 Å². The fraction of sp³-hybridized carbons (Fsp3) is 0.111. The van der Waals surface area contributed by atoms with Crippen LogP contribution in [-0.4, -0.2) is 14.9 Å². The summed E-state index contributed by atoms with van der Waals surface area (Å²) in [6.07, 6.45) is -4.98. The normalized spacial score (nSPS) is 11.7. The Morgan fingerprint density at radius 1 is 1.16 bits per heavy atom. The Hall–Kier alpha value is -2.65. The monoisotopic (exact) mass is 275 g/mol. The molecule has 0 saturated carbocycles. The van der Waals surface area contributed by atoms with Crippen molar-refractivity contribution >= 4 is 16.6 Å². The van der Waals surface area contributed by atoms with Crippen LogP contribution in [-0.2, 0) is 6.18 Å². The van der Waals surface area contributed by atoms with Crippen LogP contribution in [0.25, 0.3) is 10.9 Å². The lowest BCUT2D eigenvalue weighted by molar-refractivity contribution is -0.387. The molecule has 10 heteroatoms. The molecule has 0 bridgehead atoms. The summed E-state index contributed by atoms with van der Waals surface area (Å²) in [6, 6.07) is 0.844. The molecule has 0 aliphatic rings. The Kier molecular flexibility index (Phi) is 2.65. The fourth-order valence-corrected chi connectivity index (χ4v) is 1.58. The van der Waals surface area contributed by atoms with E-state index < -0.39 is 44.5 Å². The number of fused-ring (bicyclic) bond motifs is 1. The van der Waals surface area contributed by atoms with Crippen LogP contribution in [0.2, 0.25) is 0 Å². The first-order chi connectivity index (χ1) is 8.70. The van der Waals surface area contributed by atoms with Crippen molar-refractivity contribution in [1.82, 2.24) is 9.97 Å². The van der Waals surface area contributed by atoms with Gasteiger partial charge in [-0.05, 0) is 6.07 Å². The lowest BCUT2D eigenvalue weighted by Gasteiger charge is -2.08. The minimum absolute atomic E-state index is 0.365. The summed E-state index contributed by atoms with van der Waals surface area (Å²) in [5, 5.41) is 10.2. The van der Waals surface area contributed by atoms with Gasteiger partial charge >= 0.3 is 11.9 Å². The van der Waals surface area contributed by atoms with E-state index in [0.29, 0.717) is 12.1 Å². The Balaban J connectivity index is 2.97. The first-order valence-corrected chi connectivity index (χ1v) is 4.72. The molecule has 1 heterocycles. The van der Waals surface area contributed by atoms with Crippen molar-refractivity contribution in [2.24, 2.45) is 0 Å². The van der Waals surface area contributed by atoms with E-state index in [-0.39, 0.29) is 0 Å². The van der Waals surface area contributed by atoms with Gasteiger partial charge in [-0.3, -0.25) is 19.9 Å². The number of nitrogens with zero attached hydrogens (tertiary/aromatic N) is 1. The Morgan fingerprint density at radius 2 is 1.79 bits per heavy atom. The number of halogens is 3. The molecule has 0 saturated heterocycles. The van der Waals surface area contributed by atoms with E-state index in [2.05, 4.69) is 0 Å². The topological polar surface area (TPSA) is 109 Å². The van der Waals surface area contributed by atoms with Crippen LogP contribution in [0.4, 0.5) is 18.9 Å². The number of nitro benzene ring substituents is 1. The highest BCUT2D eigenvalue weighted by Gasteiger charge is 2.38. The van der Waals surface area contributed by atoms with Crippen molar-refractivity contribution in [2.45, 2.75) is 6.18 Å². The number of H-pyrrole nitrogens is 2.